The zero-order chi connectivity index (χ0) is 18.2. The summed E-state index contributed by atoms with van der Waals surface area (Å²) < 4.78 is 16.5. The third kappa shape index (κ3) is 5.71. The van der Waals surface area contributed by atoms with E-state index in [9.17, 15) is 4.79 Å². The van der Waals surface area contributed by atoms with Gasteiger partial charge in [-0.15, -0.1) is 0 Å². The molecule has 2 aromatic rings. The molecule has 0 spiro atoms. The van der Waals surface area contributed by atoms with Crippen molar-refractivity contribution < 1.29 is 19.0 Å². The zero-order valence-electron chi connectivity index (χ0n) is 15.2. The molecule has 1 atom stereocenters. The van der Waals surface area contributed by atoms with Crippen molar-refractivity contribution in [2.24, 2.45) is 0 Å². The second-order valence-electron chi connectivity index (χ2n) is 5.85. The number of hydrogen-bond acceptors (Lipinski definition) is 4. The molecule has 0 bridgehead atoms. The molecular weight excluding hydrogens is 318 g/mol. The van der Waals surface area contributed by atoms with Gasteiger partial charge in [-0.1, -0.05) is 18.2 Å². The molecule has 2 rings (SSSR count). The number of aryl methyl sites for hydroxylation is 2. The number of carbonyl (C=O) groups is 1. The fraction of sp³-hybridized carbons (Fsp3) is 0.350. The van der Waals surface area contributed by atoms with Crippen molar-refractivity contribution in [1.82, 2.24) is 5.32 Å². The molecule has 0 aliphatic carbocycles. The van der Waals surface area contributed by atoms with E-state index >= 15 is 0 Å². The standard InChI is InChI=1S/C20H25NO4/c1-14-8-9-15(2)19(12-14)24-11-10-21-20(22)16(3)25-18-7-5-6-17(13-18)23-4/h5-9,12-13,16H,10-11H2,1-4H3,(H,21,22)/t16-/m1/s1. The topological polar surface area (TPSA) is 56.8 Å². The van der Waals surface area contributed by atoms with Crippen LogP contribution in [0.15, 0.2) is 42.5 Å². The van der Waals surface area contributed by atoms with Crippen molar-refractivity contribution >= 4 is 5.91 Å². The van der Waals surface area contributed by atoms with Gasteiger partial charge in [0.1, 0.15) is 23.9 Å². The van der Waals surface area contributed by atoms with E-state index in [-0.39, 0.29) is 5.91 Å². The lowest BCUT2D eigenvalue weighted by Crippen LogP contribution is -2.38. The molecule has 134 valence electrons. The Kier molecular flexibility index (Phi) is 6.69. The molecule has 0 saturated heterocycles. The summed E-state index contributed by atoms with van der Waals surface area (Å²) >= 11 is 0. The van der Waals surface area contributed by atoms with Crippen molar-refractivity contribution in [2.75, 3.05) is 20.3 Å². The predicted molar refractivity (Wildman–Crippen MR) is 97.5 cm³/mol. The maximum Gasteiger partial charge on any atom is 0.260 e. The van der Waals surface area contributed by atoms with E-state index in [4.69, 9.17) is 14.2 Å². The molecule has 0 radical (unpaired) electrons. The highest BCUT2D eigenvalue weighted by molar-refractivity contribution is 5.80. The summed E-state index contributed by atoms with van der Waals surface area (Å²) in [6, 6.07) is 13.2. The summed E-state index contributed by atoms with van der Waals surface area (Å²) in [6.45, 7) is 6.55. The van der Waals surface area contributed by atoms with Crippen LogP contribution in [-0.4, -0.2) is 32.3 Å². The largest absolute Gasteiger partial charge is 0.497 e. The Morgan fingerprint density at radius 2 is 1.88 bits per heavy atom. The number of hydrogen-bond donors (Lipinski definition) is 1. The van der Waals surface area contributed by atoms with E-state index in [0.717, 1.165) is 16.9 Å². The lowest BCUT2D eigenvalue weighted by Gasteiger charge is -2.16. The molecule has 1 amide bonds. The van der Waals surface area contributed by atoms with Crippen LogP contribution in [0.25, 0.3) is 0 Å². The maximum absolute atomic E-state index is 12.1. The first kappa shape index (κ1) is 18.6. The average Bonchev–Trinajstić information content (AvgIpc) is 2.61. The van der Waals surface area contributed by atoms with Gasteiger partial charge in [-0.05, 0) is 50.1 Å². The van der Waals surface area contributed by atoms with E-state index in [1.54, 1.807) is 26.2 Å². The minimum Gasteiger partial charge on any atom is -0.497 e. The number of rotatable bonds is 8. The molecule has 0 heterocycles. The number of nitrogens with one attached hydrogen (secondary N) is 1. The summed E-state index contributed by atoms with van der Waals surface area (Å²) in [5.74, 6) is 1.93. The van der Waals surface area contributed by atoms with Crippen LogP contribution >= 0.6 is 0 Å². The summed E-state index contributed by atoms with van der Waals surface area (Å²) in [4.78, 5) is 12.1. The van der Waals surface area contributed by atoms with E-state index < -0.39 is 6.10 Å². The van der Waals surface area contributed by atoms with Crippen molar-refractivity contribution in [3.8, 4) is 17.2 Å². The van der Waals surface area contributed by atoms with Gasteiger partial charge in [0, 0.05) is 6.07 Å². The van der Waals surface area contributed by atoms with Crippen LogP contribution in [0.4, 0.5) is 0 Å². The molecule has 25 heavy (non-hydrogen) atoms. The van der Waals surface area contributed by atoms with Crippen molar-refractivity contribution in [1.29, 1.82) is 0 Å². The van der Waals surface area contributed by atoms with Crippen molar-refractivity contribution in [3.05, 3.63) is 53.6 Å². The van der Waals surface area contributed by atoms with Gasteiger partial charge in [0.05, 0.1) is 13.7 Å². The Balaban J connectivity index is 1.76. The fourth-order valence-corrected chi connectivity index (χ4v) is 2.27. The Morgan fingerprint density at radius 3 is 2.64 bits per heavy atom. The predicted octanol–water partition coefficient (Wildman–Crippen LogP) is 3.27. The third-order valence-corrected chi connectivity index (χ3v) is 3.73. The van der Waals surface area contributed by atoms with E-state index in [0.29, 0.717) is 24.7 Å². The summed E-state index contributed by atoms with van der Waals surface area (Å²) in [5, 5.41) is 2.82. The van der Waals surface area contributed by atoms with Gasteiger partial charge in [0.15, 0.2) is 6.10 Å². The van der Waals surface area contributed by atoms with Crippen LogP contribution in [0.5, 0.6) is 17.2 Å². The fourth-order valence-electron chi connectivity index (χ4n) is 2.27. The Hall–Kier alpha value is -2.69. The summed E-state index contributed by atoms with van der Waals surface area (Å²) in [5.41, 5.74) is 2.22. The second kappa shape index (κ2) is 8.97. The first-order valence-electron chi connectivity index (χ1n) is 8.28. The van der Waals surface area contributed by atoms with Gasteiger partial charge in [-0.25, -0.2) is 0 Å². The quantitative estimate of drug-likeness (QED) is 0.748. The molecular formula is C20H25NO4. The second-order valence-corrected chi connectivity index (χ2v) is 5.85. The van der Waals surface area contributed by atoms with Gasteiger partial charge in [0.25, 0.3) is 5.91 Å². The molecule has 5 heteroatoms. The first-order valence-corrected chi connectivity index (χ1v) is 8.28. The summed E-state index contributed by atoms with van der Waals surface area (Å²) in [6.07, 6.45) is -0.604. The molecule has 0 unspecified atom stereocenters. The van der Waals surface area contributed by atoms with Crippen LogP contribution in [0.1, 0.15) is 18.1 Å². The van der Waals surface area contributed by atoms with E-state index in [1.807, 2.05) is 44.2 Å². The minimum absolute atomic E-state index is 0.188. The van der Waals surface area contributed by atoms with Gasteiger partial charge >= 0.3 is 0 Å². The number of benzene rings is 2. The minimum atomic E-state index is -0.604. The van der Waals surface area contributed by atoms with Crippen LogP contribution in [-0.2, 0) is 4.79 Å². The normalized spacial score (nSPS) is 11.5. The molecule has 0 aliphatic rings. The molecule has 2 aromatic carbocycles. The number of ether oxygens (including phenoxy) is 3. The average molecular weight is 343 g/mol. The maximum atomic E-state index is 12.1. The monoisotopic (exact) mass is 343 g/mol. The number of methoxy groups -OCH3 is 1. The van der Waals surface area contributed by atoms with Gasteiger partial charge in [-0.2, -0.15) is 0 Å². The highest BCUT2D eigenvalue weighted by Gasteiger charge is 2.14. The Bertz CT molecular complexity index is 715. The number of carbonyl (C=O) groups excluding carboxylic acids is 1. The molecule has 0 saturated carbocycles. The molecule has 0 aromatic heterocycles. The molecule has 0 fully saturated rings. The molecule has 5 nitrogen and oxygen atoms in total. The van der Waals surface area contributed by atoms with E-state index in [2.05, 4.69) is 5.32 Å². The lowest BCUT2D eigenvalue weighted by atomic mass is 10.1. The lowest BCUT2D eigenvalue weighted by molar-refractivity contribution is -0.127. The molecule has 0 aliphatic heterocycles. The molecule has 1 N–H and O–H groups in total. The van der Waals surface area contributed by atoms with Crippen molar-refractivity contribution in [2.45, 2.75) is 26.9 Å². The summed E-state index contributed by atoms with van der Waals surface area (Å²) in [7, 11) is 1.59. The number of amides is 1. The van der Waals surface area contributed by atoms with Gasteiger partial charge < -0.3 is 19.5 Å². The van der Waals surface area contributed by atoms with Crippen LogP contribution in [0.3, 0.4) is 0 Å². The highest BCUT2D eigenvalue weighted by Crippen LogP contribution is 2.20. The Morgan fingerprint density at radius 1 is 1.12 bits per heavy atom. The zero-order valence-corrected chi connectivity index (χ0v) is 15.2. The third-order valence-electron chi connectivity index (χ3n) is 3.73. The van der Waals surface area contributed by atoms with Crippen LogP contribution in [0, 0.1) is 13.8 Å². The van der Waals surface area contributed by atoms with Crippen LogP contribution < -0.4 is 19.5 Å². The smallest absolute Gasteiger partial charge is 0.260 e. The van der Waals surface area contributed by atoms with Gasteiger partial charge in [-0.3, -0.25) is 4.79 Å². The first-order chi connectivity index (χ1) is 12.0. The van der Waals surface area contributed by atoms with E-state index in [1.165, 1.54) is 0 Å². The SMILES string of the molecule is COc1cccc(O[C@H](C)C(=O)NCCOc2cc(C)ccc2C)c1. The van der Waals surface area contributed by atoms with Crippen molar-refractivity contribution in [3.63, 3.8) is 0 Å². The highest BCUT2D eigenvalue weighted by atomic mass is 16.5. The van der Waals surface area contributed by atoms with Crippen LogP contribution in [0.2, 0.25) is 0 Å². The van der Waals surface area contributed by atoms with Gasteiger partial charge in [0.2, 0.25) is 0 Å². The Labute approximate surface area is 148 Å².